The molecule has 1 N–H and O–H groups in total. The lowest BCUT2D eigenvalue weighted by molar-refractivity contribution is -0.250. The molecule has 1 aliphatic rings. The second kappa shape index (κ2) is 6.62. The predicted octanol–water partition coefficient (Wildman–Crippen LogP) is 2.05. The van der Waals surface area contributed by atoms with Gasteiger partial charge in [-0.3, -0.25) is 4.79 Å². The summed E-state index contributed by atoms with van der Waals surface area (Å²) >= 11 is 1.39. The Kier molecular flexibility index (Phi) is 4.78. The molecule has 0 saturated carbocycles. The highest BCUT2D eigenvalue weighted by molar-refractivity contribution is 7.13. The number of halogens is 3. The maximum absolute atomic E-state index is 12.9. The number of piperidine rings is 1. The summed E-state index contributed by atoms with van der Waals surface area (Å²) in [5, 5.41) is 23.3. The first-order valence-electron chi connectivity index (χ1n) is 8.04. The average molecular weight is 389 g/mol. The SMILES string of the molecule is Cc1nnc(-n2nccc2C2CCN(C(=O)[C@@](C)(O)C(F)(F)F)CC2)s1. The van der Waals surface area contributed by atoms with Gasteiger partial charge in [-0.2, -0.15) is 18.3 Å². The third-order valence-electron chi connectivity index (χ3n) is 4.54. The fourth-order valence-electron chi connectivity index (χ4n) is 2.96. The van der Waals surface area contributed by atoms with Gasteiger partial charge in [-0.15, -0.1) is 10.2 Å². The van der Waals surface area contributed by atoms with Gasteiger partial charge in [-0.05, 0) is 32.8 Å². The third-order valence-corrected chi connectivity index (χ3v) is 5.35. The van der Waals surface area contributed by atoms with E-state index in [-0.39, 0.29) is 19.0 Å². The number of aryl methyl sites for hydroxylation is 1. The fraction of sp³-hybridized carbons (Fsp3) is 0.600. The molecule has 1 amide bonds. The number of carbonyl (C=O) groups excluding carboxylic acids is 1. The van der Waals surface area contributed by atoms with Gasteiger partial charge in [0.15, 0.2) is 0 Å². The van der Waals surface area contributed by atoms with Gasteiger partial charge >= 0.3 is 6.18 Å². The highest BCUT2D eigenvalue weighted by Crippen LogP contribution is 2.35. The van der Waals surface area contributed by atoms with Crippen LogP contribution in [0.2, 0.25) is 0 Å². The molecule has 0 radical (unpaired) electrons. The molecular weight excluding hydrogens is 371 g/mol. The summed E-state index contributed by atoms with van der Waals surface area (Å²) < 4.78 is 40.3. The zero-order valence-electron chi connectivity index (χ0n) is 14.2. The van der Waals surface area contributed by atoms with Gasteiger partial charge in [0.1, 0.15) is 5.01 Å². The number of likely N-dealkylation sites (tertiary alicyclic amines) is 1. The van der Waals surface area contributed by atoms with E-state index in [2.05, 4.69) is 15.3 Å². The number of alkyl halides is 3. The van der Waals surface area contributed by atoms with Gasteiger partial charge in [0.2, 0.25) is 10.7 Å². The molecule has 142 valence electrons. The third kappa shape index (κ3) is 3.32. The smallest absolute Gasteiger partial charge is 0.373 e. The monoisotopic (exact) mass is 389 g/mol. The van der Waals surface area contributed by atoms with E-state index < -0.39 is 17.7 Å². The molecule has 1 aliphatic heterocycles. The topological polar surface area (TPSA) is 84.1 Å². The predicted molar refractivity (Wildman–Crippen MR) is 87.0 cm³/mol. The van der Waals surface area contributed by atoms with Gasteiger partial charge in [0.25, 0.3) is 5.91 Å². The van der Waals surface area contributed by atoms with Crippen LogP contribution in [0.15, 0.2) is 12.3 Å². The number of rotatable bonds is 3. The van der Waals surface area contributed by atoms with Crippen LogP contribution in [0.5, 0.6) is 0 Å². The molecule has 0 spiro atoms. The number of aromatic nitrogens is 4. The van der Waals surface area contributed by atoms with Crippen LogP contribution in [-0.4, -0.2) is 60.8 Å². The zero-order chi connectivity index (χ0) is 19.1. The number of nitrogens with zero attached hydrogens (tertiary/aromatic N) is 5. The summed E-state index contributed by atoms with van der Waals surface area (Å²) in [6, 6.07) is 1.84. The molecule has 1 saturated heterocycles. The number of carbonyl (C=O) groups is 1. The maximum atomic E-state index is 12.9. The number of hydrogen-bond acceptors (Lipinski definition) is 6. The van der Waals surface area contributed by atoms with E-state index in [9.17, 15) is 23.1 Å². The molecular formula is C15H18F3N5O2S. The molecule has 0 aliphatic carbocycles. The first-order valence-corrected chi connectivity index (χ1v) is 8.86. The Morgan fingerprint density at radius 3 is 2.50 bits per heavy atom. The zero-order valence-corrected chi connectivity index (χ0v) is 15.0. The Hall–Kier alpha value is -2.01. The Labute approximate surface area is 151 Å². The summed E-state index contributed by atoms with van der Waals surface area (Å²) in [5.74, 6) is -1.28. The van der Waals surface area contributed by atoms with Crippen molar-refractivity contribution in [1.82, 2.24) is 24.9 Å². The van der Waals surface area contributed by atoms with E-state index >= 15 is 0 Å². The van der Waals surface area contributed by atoms with Crippen molar-refractivity contribution >= 4 is 17.2 Å². The highest BCUT2D eigenvalue weighted by Gasteiger charge is 2.57. The highest BCUT2D eigenvalue weighted by atomic mass is 32.1. The minimum atomic E-state index is -5.00. The minimum Gasteiger partial charge on any atom is -0.373 e. The van der Waals surface area contributed by atoms with Gasteiger partial charge in [-0.1, -0.05) is 11.3 Å². The molecule has 26 heavy (non-hydrogen) atoms. The van der Waals surface area contributed by atoms with Crippen molar-refractivity contribution in [1.29, 1.82) is 0 Å². The lowest BCUT2D eigenvalue weighted by Gasteiger charge is -2.36. The number of hydrogen-bond donors (Lipinski definition) is 1. The molecule has 2 aromatic rings. The van der Waals surface area contributed by atoms with Crippen LogP contribution in [0.25, 0.3) is 5.13 Å². The van der Waals surface area contributed by atoms with Crippen molar-refractivity contribution in [2.75, 3.05) is 13.1 Å². The Bertz CT molecular complexity index is 793. The van der Waals surface area contributed by atoms with E-state index in [0.29, 0.717) is 24.9 Å². The van der Waals surface area contributed by atoms with E-state index in [1.165, 1.54) is 11.3 Å². The summed E-state index contributed by atoms with van der Waals surface area (Å²) in [7, 11) is 0. The summed E-state index contributed by atoms with van der Waals surface area (Å²) in [5.41, 5.74) is -2.48. The second-order valence-corrected chi connectivity index (χ2v) is 7.57. The van der Waals surface area contributed by atoms with Crippen molar-refractivity contribution in [2.45, 2.75) is 44.4 Å². The van der Waals surface area contributed by atoms with Crippen LogP contribution in [0.4, 0.5) is 13.2 Å². The van der Waals surface area contributed by atoms with Crippen LogP contribution in [0.3, 0.4) is 0 Å². The Morgan fingerprint density at radius 1 is 1.31 bits per heavy atom. The molecule has 0 bridgehead atoms. The van der Waals surface area contributed by atoms with Gasteiger partial charge in [-0.25, -0.2) is 4.68 Å². The maximum Gasteiger partial charge on any atom is 0.426 e. The molecule has 1 atom stereocenters. The fourth-order valence-corrected chi connectivity index (χ4v) is 3.63. The average Bonchev–Trinajstić information content (AvgIpc) is 3.21. The van der Waals surface area contributed by atoms with Crippen LogP contribution in [0, 0.1) is 6.92 Å². The van der Waals surface area contributed by atoms with Gasteiger partial charge in [0, 0.05) is 25.2 Å². The van der Waals surface area contributed by atoms with Crippen molar-refractivity contribution in [3.8, 4) is 5.13 Å². The summed E-state index contributed by atoms with van der Waals surface area (Å²) in [6.45, 7) is 2.60. The van der Waals surface area contributed by atoms with Gasteiger partial charge in [0.05, 0.1) is 5.69 Å². The molecule has 7 nitrogen and oxygen atoms in total. The quantitative estimate of drug-likeness (QED) is 0.869. The standard InChI is InChI=1S/C15H18F3N5O2S/c1-9-20-21-13(26-9)23-11(3-6-19-23)10-4-7-22(8-5-10)12(24)14(2,25)15(16,17)18/h3,6,10,25H,4-5,7-8H2,1-2H3/t14-/m1/s1. The van der Waals surface area contributed by atoms with Crippen molar-refractivity contribution in [3.05, 3.63) is 23.0 Å². The van der Waals surface area contributed by atoms with E-state index in [1.54, 1.807) is 10.9 Å². The second-order valence-electron chi connectivity index (χ2n) is 6.41. The van der Waals surface area contributed by atoms with Crippen LogP contribution in [0.1, 0.15) is 36.4 Å². The molecule has 2 aromatic heterocycles. The van der Waals surface area contributed by atoms with Crippen molar-refractivity contribution < 1.29 is 23.1 Å². The van der Waals surface area contributed by atoms with Crippen molar-refractivity contribution in [3.63, 3.8) is 0 Å². The summed E-state index contributed by atoms with van der Waals surface area (Å²) in [6.07, 6.45) is -2.42. The molecule has 0 unspecified atom stereocenters. The van der Waals surface area contributed by atoms with E-state index in [1.807, 2.05) is 13.0 Å². The normalized spacial score (nSPS) is 18.8. The lowest BCUT2D eigenvalue weighted by atomic mass is 9.92. The first kappa shape index (κ1) is 18.8. The Balaban J connectivity index is 1.70. The minimum absolute atomic E-state index is 0.0293. The largest absolute Gasteiger partial charge is 0.426 e. The van der Waals surface area contributed by atoms with Crippen LogP contribution >= 0.6 is 11.3 Å². The molecule has 3 rings (SSSR count). The number of amides is 1. The van der Waals surface area contributed by atoms with Gasteiger partial charge < -0.3 is 10.0 Å². The number of aliphatic hydroxyl groups is 1. The lowest BCUT2D eigenvalue weighted by Crippen LogP contribution is -2.57. The van der Waals surface area contributed by atoms with E-state index in [0.717, 1.165) is 15.6 Å². The van der Waals surface area contributed by atoms with Crippen LogP contribution < -0.4 is 0 Å². The summed E-state index contributed by atoms with van der Waals surface area (Å²) in [4.78, 5) is 13.1. The Morgan fingerprint density at radius 2 is 1.96 bits per heavy atom. The van der Waals surface area contributed by atoms with E-state index in [4.69, 9.17) is 0 Å². The van der Waals surface area contributed by atoms with Crippen LogP contribution in [-0.2, 0) is 4.79 Å². The molecule has 3 heterocycles. The van der Waals surface area contributed by atoms with Crippen molar-refractivity contribution in [2.24, 2.45) is 0 Å². The molecule has 0 aromatic carbocycles. The molecule has 11 heteroatoms. The first-order chi connectivity index (χ1) is 12.1. The molecule has 1 fully saturated rings.